The Bertz CT molecular complexity index is 680. The van der Waals surface area contributed by atoms with E-state index in [1.54, 1.807) is 7.11 Å². The van der Waals surface area contributed by atoms with E-state index in [1.807, 2.05) is 36.1 Å². The van der Waals surface area contributed by atoms with Crippen LogP contribution in [0, 0.1) is 6.92 Å². The second-order valence-corrected chi connectivity index (χ2v) is 6.16. The molecule has 0 saturated carbocycles. The van der Waals surface area contributed by atoms with Crippen LogP contribution in [0.15, 0.2) is 30.3 Å². The summed E-state index contributed by atoms with van der Waals surface area (Å²) in [6.45, 7) is 3.99. The molecule has 5 nitrogen and oxygen atoms in total. The van der Waals surface area contributed by atoms with E-state index in [0.29, 0.717) is 12.5 Å². The van der Waals surface area contributed by atoms with Gasteiger partial charge < -0.3 is 9.64 Å². The van der Waals surface area contributed by atoms with Crippen molar-refractivity contribution in [3.63, 3.8) is 0 Å². The lowest BCUT2D eigenvalue weighted by Crippen LogP contribution is -2.39. The molecule has 23 heavy (non-hydrogen) atoms. The first-order chi connectivity index (χ1) is 11.2. The molecular formula is C18H23N3O2. The van der Waals surface area contributed by atoms with Crippen LogP contribution in [0.2, 0.25) is 0 Å². The Labute approximate surface area is 136 Å². The van der Waals surface area contributed by atoms with Crippen molar-refractivity contribution in [2.45, 2.75) is 32.3 Å². The maximum Gasteiger partial charge on any atom is 0.254 e. The van der Waals surface area contributed by atoms with Gasteiger partial charge in [-0.15, -0.1) is 0 Å². The van der Waals surface area contributed by atoms with E-state index in [1.165, 1.54) is 0 Å². The van der Waals surface area contributed by atoms with Crippen LogP contribution in [0.3, 0.4) is 0 Å². The number of benzene rings is 1. The lowest BCUT2D eigenvalue weighted by molar-refractivity contribution is 0.0701. The fraction of sp³-hybridized carbons (Fsp3) is 0.444. The third-order valence-electron chi connectivity index (χ3n) is 4.40. The number of ether oxygens (including phenoxy) is 1. The van der Waals surface area contributed by atoms with Gasteiger partial charge in [0.2, 0.25) is 0 Å². The van der Waals surface area contributed by atoms with Gasteiger partial charge in [-0.2, -0.15) is 5.10 Å². The van der Waals surface area contributed by atoms with Gasteiger partial charge >= 0.3 is 0 Å². The summed E-state index contributed by atoms with van der Waals surface area (Å²) in [5, 5.41) is 7.37. The van der Waals surface area contributed by atoms with Crippen LogP contribution in [0.5, 0.6) is 0 Å². The maximum absolute atomic E-state index is 12.9. The second-order valence-electron chi connectivity index (χ2n) is 6.16. The normalized spacial score (nSPS) is 18.2. The second kappa shape index (κ2) is 6.96. The number of carbonyl (C=O) groups excluding carboxylic acids is 1. The van der Waals surface area contributed by atoms with E-state index in [0.717, 1.165) is 48.4 Å². The van der Waals surface area contributed by atoms with E-state index in [-0.39, 0.29) is 5.91 Å². The molecule has 1 aliphatic rings. The first-order valence-corrected chi connectivity index (χ1v) is 8.07. The number of aromatic amines is 1. The van der Waals surface area contributed by atoms with E-state index >= 15 is 0 Å². The molecule has 122 valence electrons. The molecule has 5 heteroatoms. The number of likely N-dealkylation sites (tertiary alicyclic amines) is 1. The molecule has 2 aromatic rings. The van der Waals surface area contributed by atoms with Crippen molar-refractivity contribution >= 4 is 5.91 Å². The summed E-state index contributed by atoms with van der Waals surface area (Å²) >= 11 is 0. The molecule has 1 saturated heterocycles. The number of nitrogens with zero attached hydrogens (tertiary/aromatic N) is 2. The minimum absolute atomic E-state index is 0.0922. The van der Waals surface area contributed by atoms with Crippen LogP contribution in [0.1, 0.15) is 46.1 Å². The zero-order valence-electron chi connectivity index (χ0n) is 13.7. The molecule has 0 bridgehead atoms. The molecule has 1 aromatic heterocycles. The highest BCUT2D eigenvalue weighted by atomic mass is 16.5. The number of rotatable bonds is 4. The van der Waals surface area contributed by atoms with Gasteiger partial charge in [0.1, 0.15) is 0 Å². The van der Waals surface area contributed by atoms with Gasteiger partial charge in [0.15, 0.2) is 0 Å². The van der Waals surface area contributed by atoms with Crippen molar-refractivity contribution in [2.75, 3.05) is 20.2 Å². The Morgan fingerprint density at radius 2 is 2.26 bits per heavy atom. The Morgan fingerprint density at radius 1 is 1.43 bits per heavy atom. The van der Waals surface area contributed by atoms with Gasteiger partial charge in [0, 0.05) is 37.4 Å². The summed E-state index contributed by atoms with van der Waals surface area (Å²) in [5.41, 5.74) is 3.81. The number of hydrogen-bond acceptors (Lipinski definition) is 3. The SMILES string of the molecule is COCc1ccccc1C(=O)N1CCC[C@H](c2cc(C)[nH]n2)C1. The molecular weight excluding hydrogens is 290 g/mol. The molecule has 1 N–H and O–H groups in total. The zero-order valence-corrected chi connectivity index (χ0v) is 13.7. The molecule has 3 rings (SSSR count). The third kappa shape index (κ3) is 3.45. The maximum atomic E-state index is 12.9. The number of carbonyl (C=O) groups is 1. The van der Waals surface area contributed by atoms with Gasteiger partial charge in [-0.25, -0.2) is 0 Å². The van der Waals surface area contributed by atoms with Gasteiger partial charge in [-0.3, -0.25) is 9.89 Å². The Balaban J connectivity index is 1.77. The van der Waals surface area contributed by atoms with Crippen molar-refractivity contribution in [3.05, 3.63) is 52.8 Å². The van der Waals surface area contributed by atoms with Crippen molar-refractivity contribution in [2.24, 2.45) is 0 Å². The molecule has 1 aromatic carbocycles. The van der Waals surface area contributed by atoms with Crippen LogP contribution in [0.25, 0.3) is 0 Å². The topological polar surface area (TPSA) is 58.2 Å². The first-order valence-electron chi connectivity index (χ1n) is 8.07. The predicted octanol–water partition coefficient (Wildman–Crippen LogP) is 2.88. The number of aryl methyl sites for hydroxylation is 1. The number of hydrogen-bond donors (Lipinski definition) is 1. The number of methoxy groups -OCH3 is 1. The minimum Gasteiger partial charge on any atom is -0.380 e. The monoisotopic (exact) mass is 313 g/mol. The standard InChI is InChI=1S/C18H23N3O2/c1-13-10-17(20-19-13)14-7-5-9-21(11-14)18(22)16-8-4-3-6-15(16)12-23-2/h3-4,6,8,10,14H,5,7,9,11-12H2,1-2H3,(H,19,20)/t14-/m0/s1. The summed E-state index contributed by atoms with van der Waals surface area (Å²) in [4.78, 5) is 14.9. The highest BCUT2D eigenvalue weighted by molar-refractivity contribution is 5.95. The molecule has 1 amide bonds. The average molecular weight is 313 g/mol. The van der Waals surface area contributed by atoms with Crippen LogP contribution >= 0.6 is 0 Å². The van der Waals surface area contributed by atoms with E-state index in [2.05, 4.69) is 16.3 Å². The largest absolute Gasteiger partial charge is 0.380 e. The van der Waals surface area contributed by atoms with Crippen LogP contribution < -0.4 is 0 Å². The number of amides is 1. The summed E-state index contributed by atoms with van der Waals surface area (Å²) in [6.07, 6.45) is 2.09. The van der Waals surface area contributed by atoms with Crippen LogP contribution in [0.4, 0.5) is 0 Å². The molecule has 0 radical (unpaired) electrons. The average Bonchev–Trinajstić information content (AvgIpc) is 3.02. The highest BCUT2D eigenvalue weighted by Crippen LogP contribution is 2.27. The van der Waals surface area contributed by atoms with Gasteiger partial charge in [-0.05, 0) is 37.5 Å². The van der Waals surface area contributed by atoms with Crippen LogP contribution in [-0.4, -0.2) is 41.2 Å². The highest BCUT2D eigenvalue weighted by Gasteiger charge is 2.27. The minimum atomic E-state index is 0.0922. The number of piperidine rings is 1. The lowest BCUT2D eigenvalue weighted by Gasteiger charge is -2.32. The number of H-pyrrole nitrogens is 1. The third-order valence-corrected chi connectivity index (χ3v) is 4.40. The van der Waals surface area contributed by atoms with Crippen molar-refractivity contribution in [1.82, 2.24) is 15.1 Å². The van der Waals surface area contributed by atoms with Crippen molar-refractivity contribution in [1.29, 1.82) is 0 Å². The molecule has 2 heterocycles. The number of aromatic nitrogens is 2. The lowest BCUT2D eigenvalue weighted by atomic mass is 9.94. The smallest absolute Gasteiger partial charge is 0.254 e. The quantitative estimate of drug-likeness (QED) is 0.944. The molecule has 0 aliphatic carbocycles. The molecule has 1 aliphatic heterocycles. The molecule has 1 atom stereocenters. The van der Waals surface area contributed by atoms with Gasteiger partial charge in [0.25, 0.3) is 5.91 Å². The molecule has 1 fully saturated rings. The Kier molecular flexibility index (Phi) is 4.76. The van der Waals surface area contributed by atoms with Crippen LogP contribution in [-0.2, 0) is 11.3 Å². The Morgan fingerprint density at radius 3 is 3.00 bits per heavy atom. The van der Waals surface area contributed by atoms with E-state index in [9.17, 15) is 4.79 Å². The summed E-state index contributed by atoms with van der Waals surface area (Å²) in [7, 11) is 1.65. The van der Waals surface area contributed by atoms with E-state index in [4.69, 9.17) is 4.74 Å². The van der Waals surface area contributed by atoms with Crippen molar-refractivity contribution < 1.29 is 9.53 Å². The zero-order chi connectivity index (χ0) is 16.2. The molecule has 0 unspecified atom stereocenters. The fourth-order valence-corrected chi connectivity index (χ4v) is 3.23. The van der Waals surface area contributed by atoms with Gasteiger partial charge in [-0.1, -0.05) is 18.2 Å². The summed E-state index contributed by atoms with van der Waals surface area (Å²) in [6, 6.07) is 9.77. The number of nitrogens with one attached hydrogen (secondary N) is 1. The Hall–Kier alpha value is -2.14. The molecule has 0 spiro atoms. The fourth-order valence-electron chi connectivity index (χ4n) is 3.23. The summed E-state index contributed by atoms with van der Waals surface area (Å²) < 4.78 is 5.21. The summed E-state index contributed by atoms with van der Waals surface area (Å²) in [5.74, 6) is 0.404. The first kappa shape index (κ1) is 15.7. The van der Waals surface area contributed by atoms with E-state index < -0.39 is 0 Å². The predicted molar refractivity (Wildman–Crippen MR) is 88.4 cm³/mol. The van der Waals surface area contributed by atoms with Crippen molar-refractivity contribution in [3.8, 4) is 0 Å². The van der Waals surface area contributed by atoms with Gasteiger partial charge in [0.05, 0.1) is 12.3 Å².